The van der Waals surface area contributed by atoms with E-state index in [2.05, 4.69) is 23.7 Å². The Morgan fingerprint density at radius 2 is 2.00 bits per heavy atom. The first-order valence-corrected chi connectivity index (χ1v) is 6.04. The van der Waals surface area contributed by atoms with Crippen molar-refractivity contribution in [1.82, 2.24) is 4.98 Å². The van der Waals surface area contributed by atoms with Gasteiger partial charge in [-0.25, -0.2) is 4.98 Å². The summed E-state index contributed by atoms with van der Waals surface area (Å²) in [5.41, 5.74) is 0. The zero-order valence-corrected chi connectivity index (χ0v) is 9.99. The van der Waals surface area contributed by atoms with Gasteiger partial charge in [-0.2, -0.15) is 4.39 Å². The summed E-state index contributed by atoms with van der Waals surface area (Å²) in [6, 6.07) is 5.01. The molecule has 0 saturated carbocycles. The normalized spacial score (nSPS) is 18.1. The second-order valence-electron chi connectivity index (χ2n) is 4.89. The summed E-state index contributed by atoms with van der Waals surface area (Å²) in [6.07, 6.45) is 2.38. The average Bonchev–Trinajstić information content (AvgIpc) is 2.29. The third-order valence-electron chi connectivity index (χ3n) is 3.51. The molecule has 16 heavy (non-hydrogen) atoms. The molecule has 1 saturated heterocycles. The van der Waals surface area contributed by atoms with Crippen LogP contribution in [-0.4, -0.2) is 18.1 Å². The van der Waals surface area contributed by atoms with E-state index in [0.29, 0.717) is 0 Å². The molecule has 0 bridgehead atoms. The van der Waals surface area contributed by atoms with Gasteiger partial charge >= 0.3 is 0 Å². The van der Waals surface area contributed by atoms with Gasteiger partial charge in [0.2, 0.25) is 5.95 Å². The predicted molar refractivity (Wildman–Crippen MR) is 64.0 cm³/mol. The Bertz CT molecular complexity index is 344. The second-order valence-corrected chi connectivity index (χ2v) is 4.89. The Morgan fingerprint density at radius 3 is 2.56 bits per heavy atom. The summed E-state index contributed by atoms with van der Waals surface area (Å²) >= 11 is 0. The lowest BCUT2D eigenvalue weighted by Crippen LogP contribution is -2.35. The summed E-state index contributed by atoms with van der Waals surface area (Å²) in [5.74, 6) is 1.96. The van der Waals surface area contributed by atoms with E-state index in [1.165, 1.54) is 18.9 Å². The molecule has 0 aliphatic carbocycles. The number of aromatic nitrogens is 1. The molecule has 0 amide bonds. The molecule has 1 aliphatic rings. The van der Waals surface area contributed by atoms with Gasteiger partial charge in [-0.15, -0.1) is 0 Å². The van der Waals surface area contributed by atoms with E-state index in [0.717, 1.165) is 30.7 Å². The third-order valence-corrected chi connectivity index (χ3v) is 3.51. The standard InChI is InChI=1S/C13H19FN2/c1-10(2)11-6-8-16(9-7-11)13-5-3-4-12(14)15-13/h3-5,10-11H,6-9H2,1-2H3. The number of rotatable bonds is 2. The maximum absolute atomic E-state index is 13.0. The smallest absolute Gasteiger partial charge is 0.214 e. The van der Waals surface area contributed by atoms with Gasteiger partial charge < -0.3 is 4.90 Å². The molecular formula is C13H19FN2. The van der Waals surface area contributed by atoms with Crippen molar-refractivity contribution >= 4 is 5.82 Å². The zero-order valence-electron chi connectivity index (χ0n) is 9.99. The SMILES string of the molecule is CC(C)C1CCN(c2cccc(F)n2)CC1. The highest BCUT2D eigenvalue weighted by Crippen LogP contribution is 2.26. The van der Waals surface area contributed by atoms with Gasteiger partial charge in [-0.1, -0.05) is 19.9 Å². The van der Waals surface area contributed by atoms with E-state index in [9.17, 15) is 4.39 Å². The highest BCUT2D eigenvalue weighted by molar-refractivity contribution is 5.38. The van der Waals surface area contributed by atoms with Crippen LogP contribution in [0.2, 0.25) is 0 Å². The molecule has 0 spiro atoms. The van der Waals surface area contributed by atoms with Crippen LogP contribution in [0.5, 0.6) is 0 Å². The Hall–Kier alpha value is -1.12. The van der Waals surface area contributed by atoms with E-state index in [1.54, 1.807) is 6.07 Å². The number of anilines is 1. The average molecular weight is 222 g/mol. The van der Waals surface area contributed by atoms with Crippen molar-refractivity contribution in [1.29, 1.82) is 0 Å². The molecule has 0 atom stereocenters. The number of piperidine rings is 1. The van der Waals surface area contributed by atoms with Crippen LogP contribution in [0.15, 0.2) is 18.2 Å². The topological polar surface area (TPSA) is 16.1 Å². The van der Waals surface area contributed by atoms with E-state index < -0.39 is 0 Å². The number of nitrogens with zero attached hydrogens (tertiary/aromatic N) is 2. The first kappa shape index (κ1) is 11.4. The third kappa shape index (κ3) is 2.52. The van der Waals surface area contributed by atoms with Crippen molar-refractivity contribution in [2.24, 2.45) is 11.8 Å². The monoisotopic (exact) mass is 222 g/mol. The van der Waals surface area contributed by atoms with E-state index >= 15 is 0 Å². The fraction of sp³-hybridized carbons (Fsp3) is 0.615. The molecule has 88 valence electrons. The lowest BCUT2D eigenvalue weighted by Gasteiger charge is -2.34. The Balaban J connectivity index is 1.99. The van der Waals surface area contributed by atoms with E-state index in [4.69, 9.17) is 0 Å². The quantitative estimate of drug-likeness (QED) is 0.715. The molecule has 2 rings (SSSR count). The van der Waals surface area contributed by atoms with Crippen LogP contribution < -0.4 is 4.90 Å². The van der Waals surface area contributed by atoms with Crippen molar-refractivity contribution in [2.75, 3.05) is 18.0 Å². The van der Waals surface area contributed by atoms with Crippen molar-refractivity contribution in [3.8, 4) is 0 Å². The van der Waals surface area contributed by atoms with Crippen molar-refractivity contribution < 1.29 is 4.39 Å². The van der Waals surface area contributed by atoms with E-state index in [-0.39, 0.29) is 5.95 Å². The molecule has 1 aliphatic heterocycles. The van der Waals surface area contributed by atoms with Gasteiger partial charge in [0.1, 0.15) is 5.82 Å². The molecule has 0 aromatic carbocycles. The predicted octanol–water partition coefficient (Wildman–Crippen LogP) is 3.09. The molecule has 0 unspecified atom stereocenters. The molecule has 1 aromatic rings. The highest BCUT2D eigenvalue weighted by atomic mass is 19.1. The molecule has 3 heteroatoms. The summed E-state index contributed by atoms with van der Waals surface area (Å²) in [5, 5.41) is 0. The van der Waals surface area contributed by atoms with Crippen LogP contribution in [0.4, 0.5) is 10.2 Å². The maximum atomic E-state index is 13.0. The van der Waals surface area contributed by atoms with Crippen LogP contribution in [0.3, 0.4) is 0 Å². The number of hydrogen-bond donors (Lipinski definition) is 0. The Morgan fingerprint density at radius 1 is 1.31 bits per heavy atom. The minimum atomic E-state index is -0.386. The van der Waals surface area contributed by atoms with Crippen LogP contribution >= 0.6 is 0 Å². The fourth-order valence-electron chi connectivity index (χ4n) is 2.37. The van der Waals surface area contributed by atoms with Crippen molar-refractivity contribution in [3.05, 3.63) is 24.1 Å². The Kier molecular flexibility index (Phi) is 3.42. The van der Waals surface area contributed by atoms with Gasteiger partial charge in [0, 0.05) is 13.1 Å². The zero-order chi connectivity index (χ0) is 11.5. The Labute approximate surface area is 96.5 Å². The molecule has 1 fully saturated rings. The lowest BCUT2D eigenvalue weighted by molar-refractivity contribution is 0.310. The van der Waals surface area contributed by atoms with E-state index in [1.807, 2.05) is 6.07 Å². The van der Waals surface area contributed by atoms with Gasteiger partial charge in [-0.05, 0) is 36.8 Å². The number of pyridine rings is 1. The molecule has 1 aromatic heterocycles. The molecule has 0 N–H and O–H groups in total. The van der Waals surface area contributed by atoms with Gasteiger partial charge in [0.25, 0.3) is 0 Å². The molecule has 2 nitrogen and oxygen atoms in total. The largest absolute Gasteiger partial charge is 0.357 e. The van der Waals surface area contributed by atoms with Crippen LogP contribution in [0.1, 0.15) is 26.7 Å². The first-order chi connectivity index (χ1) is 7.66. The van der Waals surface area contributed by atoms with Gasteiger partial charge in [0.05, 0.1) is 0 Å². The summed E-state index contributed by atoms with van der Waals surface area (Å²) in [4.78, 5) is 6.11. The van der Waals surface area contributed by atoms with Crippen LogP contribution in [0.25, 0.3) is 0 Å². The van der Waals surface area contributed by atoms with Gasteiger partial charge in [-0.3, -0.25) is 0 Å². The minimum absolute atomic E-state index is 0.386. The summed E-state index contributed by atoms with van der Waals surface area (Å²) in [7, 11) is 0. The number of hydrogen-bond acceptors (Lipinski definition) is 2. The highest BCUT2D eigenvalue weighted by Gasteiger charge is 2.22. The first-order valence-electron chi connectivity index (χ1n) is 6.04. The van der Waals surface area contributed by atoms with Crippen molar-refractivity contribution in [2.45, 2.75) is 26.7 Å². The van der Waals surface area contributed by atoms with Crippen LogP contribution in [0, 0.1) is 17.8 Å². The maximum Gasteiger partial charge on any atom is 0.214 e. The lowest BCUT2D eigenvalue weighted by atomic mass is 9.87. The molecule has 0 radical (unpaired) electrons. The fourth-order valence-corrected chi connectivity index (χ4v) is 2.37. The summed E-state index contributed by atoms with van der Waals surface area (Å²) < 4.78 is 13.0. The molecule has 2 heterocycles. The van der Waals surface area contributed by atoms with Gasteiger partial charge in [0.15, 0.2) is 0 Å². The van der Waals surface area contributed by atoms with Crippen molar-refractivity contribution in [3.63, 3.8) is 0 Å². The number of halogens is 1. The summed E-state index contributed by atoms with van der Waals surface area (Å²) in [6.45, 7) is 6.56. The van der Waals surface area contributed by atoms with Crippen LogP contribution in [-0.2, 0) is 0 Å². The molecular weight excluding hydrogens is 203 g/mol. The second kappa shape index (κ2) is 4.81. The minimum Gasteiger partial charge on any atom is -0.357 e.